The number of carbonyl (C=O) groups is 1. The van der Waals surface area contributed by atoms with Gasteiger partial charge in [0.05, 0.1) is 6.33 Å². The zero-order valence-corrected chi connectivity index (χ0v) is 10.2. The molecule has 0 fully saturated rings. The Bertz CT molecular complexity index is 418. The number of rotatable bonds is 2. The number of nitrogens with one attached hydrogen (secondary N) is 1. The van der Waals surface area contributed by atoms with Crippen LogP contribution in [-0.2, 0) is 11.3 Å². The van der Waals surface area contributed by atoms with E-state index in [4.69, 9.17) is 11.6 Å². The molecular weight excluding hydrogens is 320 g/mol. The predicted octanol–water partition coefficient (Wildman–Crippen LogP) is 0.247. The second-order valence-electron chi connectivity index (χ2n) is 2.46. The zero-order chi connectivity index (χ0) is 10.7. The smallest absolute Gasteiger partial charge is 0.268 e. The average molecular weight is 328 g/mol. The molecule has 14 heavy (non-hydrogen) atoms. The quantitative estimate of drug-likeness (QED) is 0.625. The van der Waals surface area contributed by atoms with Crippen molar-refractivity contribution in [3.05, 3.63) is 25.4 Å². The highest BCUT2D eigenvalue weighted by atomic mass is 127. The summed E-state index contributed by atoms with van der Waals surface area (Å²) in [5, 5.41) is 2.57. The van der Waals surface area contributed by atoms with Crippen LogP contribution in [0.5, 0.6) is 0 Å². The minimum absolute atomic E-state index is 0.0461. The molecule has 0 aromatic carbocycles. The minimum Gasteiger partial charge on any atom is -0.358 e. The van der Waals surface area contributed by atoms with Gasteiger partial charge in [-0.2, -0.15) is 0 Å². The molecular formula is C7H7ClIN3O2. The SMILES string of the molecule is CNC(=O)Cn1cnc(Cl)c(I)c1=O. The van der Waals surface area contributed by atoms with E-state index in [0.717, 1.165) is 0 Å². The summed E-state index contributed by atoms with van der Waals surface area (Å²) in [6.45, 7) is -0.0461. The van der Waals surface area contributed by atoms with E-state index in [1.54, 1.807) is 22.6 Å². The number of halogens is 2. The molecule has 0 saturated heterocycles. The number of hydrogen-bond donors (Lipinski definition) is 1. The molecule has 1 aromatic heterocycles. The van der Waals surface area contributed by atoms with Crippen LogP contribution in [0, 0.1) is 3.57 Å². The number of amides is 1. The van der Waals surface area contributed by atoms with Crippen molar-refractivity contribution in [1.29, 1.82) is 0 Å². The van der Waals surface area contributed by atoms with Gasteiger partial charge < -0.3 is 5.32 Å². The second-order valence-corrected chi connectivity index (χ2v) is 3.89. The Morgan fingerprint density at radius 3 is 3.00 bits per heavy atom. The van der Waals surface area contributed by atoms with Crippen molar-refractivity contribution >= 4 is 40.1 Å². The average Bonchev–Trinajstić information content (AvgIpc) is 2.19. The molecule has 1 amide bonds. The molecule has 0 bridgehead atoms. The Balaban J connectivity index is 3.06. The van der Waals surface area contributed by atoms with E-state index >= 15 is 0 Å². The Labute approximate surface area is 98.6 Å². The summed E-state index contributed by atoms with van der Waals surface area (Å²) >= 11 is 7.42. The van der Waals surface area contributed by atoms with E-state index in [9.17, 15) is 9.59 Å². The fraction of sp³-hybridized carbons (Fsp3) is 0.286. The van der Waals surface area contributed by atoms with Gasteiger partial charge in [0.2, 0.25) is 5.91 Å². The third kappa shape index (κ3) is 2.44. The van der Waals surface area contributed by atoms with E-state index in [1.807, 2.05) is 0 Å². The van der Waals surface area contributed by atoms with Crippen LogP contribution in [0.15, 0.2) is 11.1 Å². The lowest BCUT2D eigenvalue weighted by Crippen LogP contribution is -2.31. The van der Waals surface area contributed by atoms with Crippen molar-refractivity contribution in [1.82, 2.24) is 14.9 Å². The first-order valence-electron chi connectivity index (χ1n) is 3.67. The molecule has 5 nitrogen and oxygen atoms in total. The molecule has 0 aliphatic carbocycles. The molecule has 1 N–H and O–H groups in total. The largest absolute Gasteiger partial charge is 0.358 e. The van der Waals surface area contributed by atoms with Crippen LogP contribution in [0.1, 0.15) is 0 Å². The first kappa shape index (κ1) is 11.4. The van der Waals surface area contributed by atoms with Crippen molar-refractivity contribution in [2.45, 2.75) is 6.54 Å². The van der Waals surface area contributed by atoms with Crippen molar-refractivity contribution in [3.8, 4) is 0 Å². The Kier molecular flexibility index (Phi) is 3.87. The first-order valence-corrected chi connectivity index (χ1v) is 5.13. The summed E-state index contributed by atoms with van der Waals surface area (Å²) in [5.41, 5.74) is -0.311. The third-order valence-electron chi connectivity index (χ3n) is 1.53. The molecule has 7 heteroatoms. The van der Waals surface area contributed by atoms with Crippen molar-refractivity contribution < 1.29 is 4.79 Å². The molecule has 1 rings (SSSR count). The van der Waals surface area contributed by atoms with Gasteiger partial charge in [-0.1, -0.05) is 11.6 Å². The number of aromatic nitrogens is 2. The third-order valence-corrected chi connectivity index (χ3v) is 3.11. The van der Waals surface area contributed by atoms with Gasteiger partial charge in [-0.25, -0.2) is 4.98 Å². The maximum Gasteiger partial charge on any atom is 0.268 e. The predicted molar refractivity (Wildman–Crippen MR) is 60.3 cm³/mol. The summed E-state index contributed by atoms with van der Waals surface area (Å²) in [5.74, 6) is -0.257. The number of nitrogens with zero attached hydrogens (tertiary/aromatic N) is 2. The Morgan fingerprint density at radius 2 is 2.43 bits per heavy atom. The molecule has 76 valence electrons. The van der Waals surface area contributed by atoms with E-state index in [2.05, 4.69) is 10.3 Å². The van der Waals surface area contributed by atoms with Gasteiger partial charge in [-0.05, 0) is 22.6 Å². The van der Waals surface area contributed by atoms with E-state index in [-0.39, 0.29) is 23.2 Å². The summed E-state index contributed by atoms with van der Waals surface area (Å²) in [6.07, 6.45) is 1.25. The lowest BCUT2D eigenvalue weighted by molar-refractivity contribution is -0.121. The summed E-state index contributed by atoms with van der Waals surface area (Å²) < 4.78 is 1.52. The maximum atomic E-state index is 11.5. The lowest BCUT2D eigenvalue weighted by Gasteiger charge is -2.04. The van der Waals surface area contributed by atoms with E-state index in [1.165, 1.54) is 17.9 Å². The van der Waals surface area contributed by atoms with E-state index < -0.39 is 0 Å². The zero-order valence-electron chi connectivity index (χ0n) is 7.25. The molecule has 1 heterocycles. The molecule has 0 aliphatic rings. The first-order chi connectivity index (χ1) is 6.56. The molecule has 0 saturated carbocycles. The molecule has 0 unspecified atom stereocenters. The minimum atomic E-state index is -0.311. The highest BCUT2D eigenvalue weighted by molar-refractivity contribution is 14.1. The van der Waals surface area contributed by atoms with Crippen molar-refractivity contribution in [2.24, 2.45) is 0 Å². The molecule has 0 spiro atoms. The maximum absolute atomic E-state index is 11.5. The van der Waals surface area contributed by atoms with Gasteiger partial charge in [0.1, 0.15) is 15.3 Å². The van der Waals surface area contributed by atoms with Gasteiger partial charge in [0.15, 0.2) is 0 Å². The Morgan fingerprint density at radius 1 is 1.79 bits per heavy atom. The summed E-state index contributed by atoms with van der Waals surface area (Å²) in [4.78, 5) is 26.3. The van der Waals surface area contributed by atoms with Crippen LogP contribution < -0.4 is 10.9 Å². The van der Waals surface area contributed by atoms with Crippen LogP contribution in [0.2, 0.25) is 5.15 Å². The van der Waals surface area contributed by atoms with Crippen LogP contribution in [0.25, 0.3) is 0 Å². The number of likely N-dealkylation sites (N-methyl/N-ethyl adjacent to an activating group) is 1. The molecule has 0 radical (unpaired) electrons. The fourth-order valence-corrected chi connectivity index (χ4v) is 1.36. The molecule has 0 atom stereocenters. The highest BCUT2D eigenvalue weighted by Crippen LogP contribution is 2.08. The van der Waals surface area contributed by atoms with Crippen LogP contribution in [0.4, 0.5) is 0 Å². The normalized spacial score (nSPS) is 9.93. The summed E-state index contributed by atoms with van der Waals surface area (Å²) in [7, 11) is 1.50. The van der Waals surface area contributed by atoms with Gasteiger partial charge >= 0.3 is 0 Å². The monoisotopic (exact) mass is 327 g/mol. The van der Waals surface area contributed by atoms with E-state index in [0.29, 0.717) is 3.57 Å². The molecule has 0 aliphatic heterocycles. The highest BCUT2D eigenvalue weighted by Gasteiger charge is 2.08. The van der Waals surface area contributed by atoms with Crippen LogP contribution >= 0.6 is 34.2 Å². The number of hydrogen-bond acceptors (Lipinski definition) is 3. The lowest BCUT2D eigenvalue weighted by atomic mass is 10.5. The molecule has 1 aromatic rings. The van der Waals surface area contributed by atoms with Gasteiger partial charge in [0.25, 0.3) is 5.56 Å². The van der Waals surface area contributed by atoms with Gasteiger partial charge in [-0.15, -0.1) is 0 Å². The Hall–Kier alpha value is -0.630. The van der Waals surface area contributed by atoms with Crippen LogP contribution in [-0.4, -0.2) is 22.5 Å². The topological polar surface area (TPSA) is 64.0 Å². The van der Waals surface area contributed by atoms with Crippen molar-refractivity contribution in [3.63, 3.8) is 0 Å². The van der Waals surface area contributed by atoms with Crippen LogP contribution in [0.3, 0.4) is 0 Å². The number of carbonyl (C=O) groups excluding carboxylic acids is 1. The standard InChI is InChI=1S/C7H7ClIN3O2/c1-10-4(13)2-12-3-11-6(8)5(9)7(12)14/h3H,2H2,1H3,(H,10,13). The fourth-order valence-electron chi connectivity index (χ4n) is 0.790. The second kappa shape index (κ2) is 4.74. The van der Waals surface area contributed by atoms with Gasteiger partial charge in [-0.3, -0.25) is 14.2 Å². The van der Waals surface area contributed by atoms with Crippen molar-refractivity contribution in [2.75, 3.05) is 7.05 Å². The van der Waals surface area contributed by atoms with Gasteiger partial charge in [0, 0.05) is 7.05 Å². The summed E-state index contributed by atoms with van der Waals surface area (Å²) in [6, 6.07) is 0.